The van der Waals surface area contributed by atoms with E-state index in [9.17, 15) is 15.0 Å². The summed E-state index contributed by atoms with van der Waals surface area (Å²) in [6.45, 7) is 13.3. The van der Waals surface area contributed by atoms with Gasteiger partial charge in [0.25, 0.3) is 5.91 Å². The number of hydrogen-bond acceptors (Lipinski definition) is 4. The van der Waals surface area contributed by atoms with E-state index < -0.39 is 0 Å². The van der Waals surface area contributed by atoms with Crippen molar-refractivity contribution >= 4 is 12.1 Å². The first kappa shape index (κ1) is 25.7. The van der Waals surface area contributed by atoms with E-state index in [0.29, 0.717) is 18.7 Å². The number of carbonyl (C=O) groups excluding carboxylic acids is 1. The largest absolute Gasteiger partial charge is 0.507 e. The van der Waals surface area contributed by atoms with Crippen molar-refractivity contribution in [3.8, 4) is 11.5 Å². The summed E-state index contributed by atoms with van der Waals surface area (Å²) in [5.41, 5.74) is 2.69. The van der Waals surface area contributed by atoms with Crippen molar-refractivity contribution in [3.63, 3.8) is 0 Å². The summed E-state index contributed by atoms with van der Waals surface area (Å²) in [4.78, 5) is 16.5. The average Bonchev–Trinajstić information content (AvgIpc) is 2.60. The maximum Gasteiger partial charge on any atom is 0.255 e. The van der Waals surface area contributed by atoms with Crippen LogP contribution in [0.4, 0.5) is 0 Å². The molecule has 3 N–H and O–H groups in total. The van der Waals surface area contributed by atoms with Gasteiger partial charge in [-0.25, -0.2) is 0 Å². The van der Waals surface area contributed by atoms with Crippen molar-refractivity contribution in [3.05, 3.63) is 58.7 Å². The Morgan fingerprint density at radius 2 is 1.67 bits per heavy atom. The van der Waals surface area contributed by atoms with Gasteiger partial charge in [-0.2, -0.15) is 0 Å². The van der Waals surface area contributed by atoms with Gasteiger partial charge < -0.3 is 15.5 Å². The fourth-order valence-electron chi connectivity index (χ4n) is 2.92. The number of aromatic hydroxyl groups is 2. The van der Waals surface area contributed by atoms with Gasteiger partial charge in [-0.3, -0.25) is 9.79 Å². The molecule has 0 aromatic heterocycles. The van der Waals surface area contributed by atoms with Gasteiger partial charge >= 0.3 is 0 Å². The molecule has 2 rings (SSSR count). The van der Waals surface area contributed by atoms with Crippen LogP contribution in [0.2, 0.25) is 0 Å². The van der Waals surface area contributed by atoms with Crippen LogP contribution in [-0.2, 0) is 27.9 Å². The van der Waals surface area contributed by atoms with Crippen LogP contribution in [0.1, 0.15) is 68.6 Å². The molecule has 0 saturated heterocycles. The minimum Gasteiger partial charge on any atom is -0.507 e. The zero-order valence-corrected chi connectivity index (χ0v) is 19.8. The second kappa shape index (κ2) is 10.1. The van der Waals surface area contributed by atoms with E-state index in [2.05, 4.69) is 57.9 Å². The minimum absolute atomic E-state index is 0. The zero-order valence-electron chi connectivity index (χ0n) is 18.6. The molecular formula is C24H32MnN2O3. The van der Waals surface area contributed by atoms with Gasteiger partial charge in [0.05, 0.1) is 12.1 Å². The molecule has 0 heterocycles. The molecule has 0 fully saturated rings. The summed E-state index contributed by atoms with van der Waals surface area (Å²) >= 11 is 0. The van der Waals surface area contributed by atoms with E-state index in [0.717, 1.165) is 11.1 Å². The second-order valence-electron chi connectivity index (χ2n) is 9.27. The van der Waals surface area contributed by atoms with Gasteiger partial charge in [0.1, 0.15) is 11.5 Å². The number of phenolic OH excluding ortho intramolecular Hbond substituents is 2. The zero-order chi connectivity index (χ0) is 21.8. The predicted molar refractivity (Wildman–Crippen MR) is 118 cm³/mol. The molecule has 0 bridgehead atoms. The standard InChI is InChI=1S/C24H32N2O3.Mn/c1-23(2,3)17-13-16(21(28)19(14-17)24(4,5)6)15-25-11-12-26-22(29)18-9-7-8-10-20(18)27;/h7-10,13-15,27-28H,11-12H2,1-6H3,(H,26,29);. The van der Waals surface area contributed by atoms with E-state index in [1.807, 2.05) is 6.07 Å². The molecule has 0 aliphatic carbocycles. The first-order valence-electron chi connectivity index (χ1n) is 9.85. The molecule has 0 aliphatic rings. The van der Waals surface area contributed by atoms with Crippen molar-refractivity contribution in [2.45, 2.75) is 52.4 Å². The average molecular weight is 451 g/mol. The van der Waals surface area contributed by atoms with E-state index in [-0.39, 0.29) is 50.9 Å². The smallest absolute Gasteiger partial charge is 0.255 e. The molecule has 2 aromatic rings. The molecule has 1 amide bonds. The number of phenols is 2. The molecule has 0 atom stereocenters. The van der Waals surface area contributed by atoms with E-state index in [1.165, 1.54) is 6.07 Å². The van der Waals surface area contributed by atoms with Crippen LogP contribution in [0.15, 0.2) is 41.4 Å². The molecule has 6 heteroatoms. The number of nitrogens with one attached hydrogen (secondary N) is 1. The fraction of sp³-hybridized carbons (Fsp3) is 0.417. The van der Waals surface area contributed by atoms with Crippen LogP contribution in [0, 0.1) is 0 Å². The number of aliphatic imine (C=N–C) groups is 1. The summed E-state index contributed by atoms with van der Waals surface area (Å²) in [5.74, 6) is -0.148. The van der Waals surface area contributed by atoms with Gasteiger partial charge in [0.15, 0.2) is 0 Å². The summed E-state index contributed by atoms with van der Waals surface area (Å²) in [6.07, 6.45) is 1.66. The number of nitrogens with zero attached hydrogens (tertiary/aromatic N) is 1. The van der Waals surface area contributed by atoms with E-state index in [4.69, 9.17) is 0 Å². The van der Waals surface area contributed by atoms with Crippen molar-refractivity contribution in [2.24, 2.45) is 4.99 Å². The molecule has 0 aliphatic heterocycles. The van der Waals surface area contributed by atoms with Crippen LogP contribution in [0.5, 0.6) is 11.5 Å². The minimum atomic E-state index is -0.342. The van der Waals surface area contributed by atoms with Gasteiger partial charge in [0.2, 0.25) is 0 Å². The maximum atomic E-state index is 12.1. The Bertz CT molecular complexity index is 910. The number of benzene rings is 2. The first-order chi connectivity index (χ1) is 13.4. The van der Waals surface area contributed by atoms with Gasteiger partial charge in [0, 0.05) is 41.0 Å². The summed E-state index contributed by atoms with van der Waals surface area (Å²) < 4.78 is 0. The Hall–Kier alpha value is -2.30. The van der Waals surface area contributed by atoms with Gasteiger partial charge in [-0.05, 0) is 34.6 Å². The Kier molecular flexibility index (Phi) is 8.70. The van der Waals surface area contributed by atoms with Crippen molar-refractivity contribution < 1.29 is 32.1 Å². The Balaban J connectivity index is 0.00000450. The third-order valence-electron chi connectivity index (χ3n) is 4.72. The van der Waals surface area contributed by atoms with Gasteiger partial charge in [-0.1, -0.05) is 59.7 Å². The number of rotatable bonds is 5. The second-order valence-corrected chi connectivity index (χ2v) is 9.27. The molecule has 0 spiro atoms. The van der Waals surface area contributed by atoms with E-state index >= 15 is 0 Å². The number of carbonyl (C=O) groups is 1. The Morgan fingerprint density at radius 3 is 2.23 bits per heavy atom. The molecule has 163 valence electrons. The summed E-state index contributed by atoms with van der Waals surface area (Å²) in [6, 6.07) is 10.4. The number of para-hydroxylation sites is 1. The molecule has 0 unspecified atom stereocenters. The van der Waals surface area contributed by atoms with Crippen LogP contribution >= 0.6 is 0 Å². The van der Waals surface area contributed by atoms with E-state index in [1.54, 1.807) is 24.4 Å². The Labute approximate surface area is 190 Å². The topological polar surface area (TPSA) is 81.9 Å². The van der Waals surface area contributed by atoms with Gasteiger partial charge in [-0.15, -0.1) is 0 Å². The molecule has 30 heavy (non-hydrogen) atoms. The van der Waals surface area contributed by atoms with Crippen molar-refractivity contribution in [1.29, 1.82) is 0 Å². The quantitative estimate of drug-likeness (QED) is 0.355. The predicted octanol–water partition coefficient (Wildman–Crippen LogP) is 4.54. The molecule has 0 saturated carbocycles. The maximum absolute atomic E-state index is 12.1. The first-order valence-corrected chi connectivity index (χ1v) is 9.85. The van der Waals surface area contributed by atoms with Crippen LogP contribution in [0.3, 0.4) is 0 Å². The molecule has 1 radical (unpaired) electrons. The molecule has 2 aromatic carbocycles. The fourth-order valence-corrected chi connectivity index (χ4v) is 2.92. The normalized spacial score (nSPS) is 11.9. The van der Waals surface area contributed by atoms with Crippen LogP contribution in [-0.4, -0.2) is 35.4 Å². The van der Waals surface area contributed by atoms with Crippen molar-refractivity contribution in [2.75, 3.05) is 13.1 Å². The SMILES string of the molecule is CC(C)(C)c1cc(C=NCCNC(=O)c2ccccc2O)c(O)c(C(C)(C)C)c1.[Mn]. The third kappa shape index (κ3) is 6.61. The third-order valence-corrected chi connectivity index (χ3v) is 4.72. The summed E-state index contributed by atoms with van der Waals surface area (Å²) in [7, 11) is 0. The number of hydrogen-bond donors (Lipinski definition) is 3. The number of amides is 1. The monoisotopic (exact) mass is 451 g/mol. The van der Waals surface area contributed by atoms with Crippen LogP contribution in [0.25, 0.3) is 0 Å². The molecular weight excluding hydrogens is 419 g/mol. The summed E-state index contributed by atoms with van der Waals surface area (Å²) in [5, 5.41) is 23.2. The van der Waals surface area contributed by atoms with Crippen LogP contribution < -0.4 is 5.32 Å². The Morgan fingerprint density at radius 1 is 1.03 bits per heavy atom. The molecule has 5 nitrogen and oxygen atoms in total. The van der Waals surface area contributed by atoms with Crippen molar-refractivity contribution in [1.82, 2.24) is 5.32 Å².